The highest BCUT2D eigenvalue weighted by Crippen LogP contribution is 2.13. The molecular weight excluding hydrogens is 168 g/mol. The van der Waals surface area contributed by atoms with Gasteiger partial charge in [-0.2, -0.15) is 0 Å². The fraction of sp³-hybridized carbons (Fsp3) is 0.400. The van der Waals surface area contributed by atoms with Gasteiger partial charge in [0.2, 0.25) is 0 Å². The number of aliphatic hydroxyl groups is 1. The van der Waals surface area contributed by atoms with Crippen LogP contribution >= 0.6 is 11.5 Å². The van der Waals surface area contributed by atoms with Crippen LogP contribution in [0.3, 0.4) is 0 Å². The molecule has 2 N–H and O–H groups in total. The van der Waals surface area contributed by atoms with E-state index < -0.39 is 12.1 Å². The van der Waals surface area contributed by atoms with Crippen LogP contribution in [0.1, 0.15) is 18.2 Å². The molecule has 0 bridgehead atoms. The van der Waals surface area contributed by atoms with Gasteiger partial charge in [0.05, 0.1) is 6.42 Å². The zero-order chi connectivity index (χ0) is 8.27. The summed E-state index contributed by atoms with van der Waals surface area (Å²) in [5, 5.41) is 22.4. The first-order valence-electron chi connectivity index (χ1n) is 2.87. The van der Waals surface area contributed by atoms with Gasteiger partial charge in [-0.25, -0.2) is 0 Å². The van der Waals surface area contributed by atoms with Crippen molar-refractivity contribution in [2.45, 2.75) is 12.5 Å². The van der Waals surface area contributed by atoms with Crippen molar-refractivity contribution >= 4 is 17.5 Å². The molecule has 0 aliphatic carbocycles. The SMILES string of the molecule is O=C(O)CC(O)c1csnn1. The molecule has 6 heteroatoms. The van der Waals surface area contributed by atoms with Crippen LogP contribution in [0.15, 0.2) is 5.38 Å². The second-order valence-corrected chi connectivity index (χ2v) is 2.55. The van der Waals surface area contributed by atoms with E-state index in [-0.39, 0.29) is 6.42 Å². The van der Waals surface area contributed by atoms with Crippen molar-refractivity contribution < 1.29 is 15.0 Å². The average molecular weight is 174 g/mol. The van der Waals surface area contributed by atoms with E-state index in [0.29, 0.717) is 5.69 Å². The molecule has 0 aliphatic rings. The van der Waals surface area contributed by atoms with E-state index in [4.69, 9.17) is 10.2 Å². The summed E-state index contributed by atoms with van der Waals surface area (Å²) in [5.41, 5.74) is 0.317. The number of hydrogen-bond donors (Lipinski definition) is 2. The Hall–Kier alpha value is -1.01. The number of rotatable bonds is 3. The van der Waals surface area contributed by atoms with Crippen LogP contribution < -0.4 is 0 Å². The number of hydrogen-bond acceptors (Lipinski definition) is 5. The Kier molecular flexibility index (Phi) is 2.50. The number of aliphatic hydroxyl groups excluding tert-OH is 1. The molecule has 1 atom stereocenters. The molecule has 11 heavy (non-hydrogen) atoms. The van der Waals surface area contributed by atoms with E-state index in [1.54, 1.807) is 0 Å². The lowest BCUT2D eigenvalue weighted by atomic mass is 10.2. The molecule has 0 aliphatic heterocycles. The molecule has 0 saturated heterocycles. The Bertz CT molecular complexity index is 236. The van der Waals surface area contributed by atoms with Crippen LogP contribution in [0.25, 0.3) is 0 Å². The van der Waals surface area contributed by atoms with E-state index in [9.17, 15) is 4.79 Å². The van der Waals surface area contributed by atoms with Crippen molar-refractivity contribution in [2.24, 2.45) is 0 Å². The molecule has 0 radical (unpaired) electrons. The van der Waals surface area contributed by atoms with E-state index >= 15 is 0 Å². The van der Waals surface area contributed by atoms with Gasteiger partial charge in [-0.05, 0) is 11.5 Å². The minimum absolute atomic E-state index is 0.317. The Morgan fingerprint density at radius 1 is 1.82 bits per heavy atom. The first-order chi connectivity index (χ1) is 5.20. The quantitative estimate of drug-likeness (QED) is 0.676. The largest absolute Gasteiger partial charge is 0.481 e. The zero-order valence-electron chi connectivity index (χ0n) is 5.47. The minimum atomic E-state index is -1.05. The smallest absolute Gasteiger partial charge is 0.306 e. The lowest BCUT2D eigenvalue weighted by Gasteiger charge is -2.00. The normalized spacial score (nSPS) is 12.8. The van der Waals surface area contributed by atoms with E-state index in [1.165, 1.54) is 5.38 Å². The lowest BCUT2D eigenvalue weighted by Crippen LogP contribution is -2.05. The molecule has 5 nitrogen and oxygen atoms in total. The van der Waals surface area contributed by atoms with Crippen molar-refractivity contribution in [3.05, 3.63) is 11.1 Å². The lowest BCUT2D eigenvalue weighted by molar-refractivity contribution is -0.139. The molecule has 1 unspecified atom stereocenters. The third kappa shape index (κ3) is 2.24. The molecule has 0 aromatic carbocycles. The Balaban J connectivity index is 2.56. The van der Waals surface area contributed by atoms with Gasteiger partial charge in [0.25, 0.3) is 0 Å². The van der Waals surface area contributed by atoms with E-state index in [0.717, 1.165) is 11.5 Å². The molecule has 1 aromatic heterocycles. The molecular formula is C5H6N2O3S. The molecule has 1 rings (SSSR count). The van der Waals surface area contributed by atoms with Gasteiger partial charge in [0.15, 0.2) is 0 Å². The Morgan fingerprint density at radius 2 is 2.55 bits per heavy atom. The topological polar surface area (TPSA) is 83.3 Å². The fourth-order valence-corrected chi connectivity index (χ4v) is 1.09. The highest BCUT2D eigenvalue weighted by molar-refractivity contribution is 7.03. The van der Waals surface area contributed by atoms with Crippen LogP contribution in [0.4, 0.5) is 0 Å². The van der Waals surface area contributed by atoms with Crippen molar-refractivity contribution in [3.63, 3.8) is 0 Å². The highest BCUT2D eigenvalue weighted by atomic mass is 32.1. The van der Waals surface area contributed by atoms with Crippen LogP contribution in [-0.4, -0.2) is 25.8 Å². The van der Waals surface area contributed by atoms with Gasteiger partial charge in [0.1, 0.15) is 11.8 Å². The highest BCUT2D eigenvalue weighted by Gasteiger charge is 2.13. The van der Waals surface area contributed by atoms with Crippen molar-refractivity contribution in [2.75, 3.05) is 0 Å². The molecule has 0 saturated carbocycles. The summed E-state index contributed by atoms with van der Waals surface area (Å²) in [5.74, 6) is -1.05. The molecule has 1 heterocycles. The maximum Gasteiger partial charge on any atom is 0.306 e. The number of nitrogens with zero attached hydrogens (tertiary/aromatic N) is 2. The van der Waals surface area contributed by atoms with Crippen LogP contribution in [0, 0.1) is 0 Å². The molecule has 0 fully saturated rings. The molecule has 60 valence electrons. The summed E-state index contributed by atoms with van der Waals surface area (Å²) in [6, 6.07) is 0. The average Bonchev–Trinajstić information content (AvgIpc) is 2.35. The Morgan fingerprint density at radius 3 is 3.00 bits per heavy atom. The van der Waals surface area contributed by atoms with Gasteiger partial charge in [-0.15, -0.1) is 5.10 Å². The third-order valence-electron chi connectivity index (χ3n) is 1.09. The molecule has 1 aromatic rings. The zero-order valence-corrected chi connectivity index (χ0v) is 6.28. The van der Waals surface area contributed by atoms with Gasteiger partial charge >= 0.3 is 5.97 Å². The summed E-state index contributed by atoms with van der Waals surface area (Å²) >= 11 is 1.08. The summed E-state index contributed by atoms with van der Waals surface area (Å²) in [6.45, 7) is 0. The number of carboxylic acid groups (broad SMARTS) is 1. The standard InChI is InChI=1S/C5H6N2O3S/c8-4(1-5(9)10)3-2-11-7-6-3/h2,4,8H,1H2,(H,9,10). The third-order valence-corrected chi connectivity index (χ3v) is 1.61. The first-order valence-corrected chi connectivity index (χ1v) is 3.70. The van der Waals surface area contributed by atoms with E-state index in [1.807, 2.05) is 0 Å². The summed E-state index contributed by atoms with van der Waals surface area (Å²) in [6.07, 6.45) is -1.36. The number of carboxylic acids is 1. The van der Waals surface area contributed by atoms with Crippen molar-refractivity contribution in [1.29, 1.82) is 0 Å². The van der Waals surface area contributed by atoms with Gasteiger partial charge in [-0.1, -0.05) is 4.49 Å². The first kappa shape index (κ1) is 8.09. The van der Waals surface area contributed by atoms with Crippen LogP contribution in [0.2, 0.25) is 0 Å². The van der Waals surface area contributed by atoms with Crippen molar-refractivity contribution in [1.82, 2.24) is 9.59 Å². The number of carbonyl (C=O) groups is 1. The summed E-state index contributed by atoms with van der Waals surface area (Å²) in [4.78, 5) is 10.1. The van der Waals surface area contributed by atoms with Crippen LogP contribution in [0.5, 0.6) is 0 Å². The van der Waals surface area contributed by atoms with Crippen LogP contribution in [-0.2, 0) is 4.79 Å². The summed E-state index contributed by atoms with van der Waals surface area (Å²) < 4.78 is 3.49. The number of aromatic nitrogens is 2. The molecule has 0 amide bonds. The van der Waals surface area contributed by atoms with E-state index in [2.05, 4.69) is 9.59 Å². The van der Waals surface area contributed by atoms with Gasteiger partial charge in [-0.3, -0.25) is 4.79 Å². The predicted molar refractivity (Wildman–Crippen MR) is 37.1 cm³/mol. The predicted octanol–water partition coefficient (Wildman–Crippen LogP) is 0.0462. The van der Waals surface area contributed by atoms with Gasteiger partial charge < -0.3 is 10.2 Å². The minimum Gasteiger partial charge on any atom is -0.481 e. The maximum absolute atomic E-state index is 10.1. The number of aliphatic carboxylic acids is 1. The molecule has 0 spiro atoms. The maximum atomic E-state index is 10.1. The Labute approximate surface area is 66.5 Å². The second kappa shape index (κ2) is 3.40. The van der Waals surface area contributed by atoms with Gasteiger partial charge in [0, 0.05) is 5.38 Å². The fourth-order valence-electron chi connectivity index (χ4n) is 0.587. The second-order valence-electron chi connectivity index (χ2n) is 1.94. The van der Waals surface area contributed by atoms with Crippen molar-refractivity contribution in [3.8, 4) is 0 Å². The summed E-state index contributed by atoms with van der Waals surface area (Å²) in [7, 11) is 0. The monoisotopic (exact) mass is 174 g/mol.